The molecule has 0 radical (unpaired) electrons. The Morgan fingerprint density at radius 2 is 1.70 bits per heavy atom. The van der Waals surface area contributed by atoms with Crippen LogP contribution in [0.25, 0.3) is 22.6 Å². The van der Waals surface area contributed by atoms with Gasteiger partial charge in [-0.25, -0.2) is 14.4 Å². The SMILES string of the molecule is OC[C@H]1CC[C@H](n2cnc(-c3ccc(F)cc3)c2-c2ccnc(Oc3ccccc3)n2)CC1. The standard InChI is InChI=1S/C26H25FN4O2/c27-20-10-8-19(9-11-20)24-25(31(17-29-24)21-12-6-18(16-32)7-13-21)23-14-15-28-26(30-23)33-22-4-2-1-3-5-22/h1-5,8-11,14-15,17-18,21,32H,6-7,12-13,16H2/t18-,21-. The molecule has 1 N–H and O–H groups in total. The molecule has 7 heteroatoms. The van der Waals surface area contributed by atoms with Crippen molar-refractivity contribution in [1.29, 1.82) is 0 Å². The zero-order valence-electron chi connectivity index (χ0n) is 18.1. The summed E-state index contributed by atoms with van der Waals surface area (Å²) in [5.74, 6) is 0.724. The minimum atomic E-state index is -0.289. The Hall–Kier alpha value is -3.58. The maximum absolute atomic E-state index is 13.6. The Bertz CT molecular complexity index is 1200. The molecule has 0 atom stereocenters. The van der Waals surface area contributed by atoms with E-state index in [-0.39, 0.29) is 24.5 Å². The second-order valence-electron chi connectivity index (χ2n) is 8.35. The van der Waals surface area contributed by atoms with E-state index in [9.17, 15) is 9.50 Å². The van der Waals surface area contributed by atoms with Crippen molar-refractivity contribution >= 4 is 0 Å². The fraction of sp³-hybridized carbons (Fsp3) is 0.269. The van der Waals surface area contributed by atoms with Crippen molar-refractivity contribution in [2.45, 2.75) is 31.7 Å². The van der Waals surface area contributed by atoms with E-state index >= 15 is 0 Å². The predicted molar refractivity (Wildman–Crippen MR) is 123 cm³/mol. The van der Waals surface area contributed by atoms with Gasteiger partial charge in [-0.15, -0.1) is 0 Å². The highest BCUT2D eigenvalue weighted by Gasteiger charge is 2.26. The van der Waals surface area contributed by atoms with Crippen molar-refractivity contribution in [1.82, 2.24) is 19.5 Å². The van der Waals surface area contributed by atoms with Crippen molar-refractivity contribution in [2.75, 3.05) is 6.61 Å². The molecule has 0 aliphatic heterocycles. The Kier molecular flexibility index (Phi) is 6.13. The minimum absolute atomic E-state index is 0.233. The van der Waals surface area contributed by atoms with Crippen LogP contribution in [-0.4, -0.2) is 31.2 Å². The lowest BCUT2D eigenvalue weighted by Crippen LogP contribution is -2.20. The van der Waals surface area contributed by atoms with E-state index in [0.717, 1.165) is 42.6 Å². The van der Waals surface area contributed by atoms with E-state index in [1.165, 1.54) is 12.1 Å². The van der Waals surface area contributed by atoms with Crippen LogP contribution in [0.2, 0.25) is 0 Å². The summed E-state index contributed by atoms with van der Waals surface area (Å²) in [5, 5.41) is 9.53. The molecule has 1 saturated carbocycles. The third-order valence-corrected chi connectivity index (χ3v) is 6.21. The number of aliphatic hydroxyl groups excluding tert-OH is 1. The molecule has 0 amide bonds. The van der Waals surface area contributed by atoms with E-state index in [2.05, 4.69) is 9.55 Å². The fourth-order valence-electron chi connectivity index (χ4n) is 4.43. The highest BCUT2D eigenvalue weighted by molar-refractivity contribution is 5.77. The van der Waals surface area contributed by atoms with Gasteiger partial charge in [0.05, 0.1) is 23.4 Å². The Morgan fingerprint density at radius 1 is 0.939 bits per heavy atom. The molecule has 4 aromatic rings. The average Bonchev–Trinajstić information content (AvgIpc) is 3.30. The summed E-state index contributed by atoms with van der Waals surface area (Å²) in [6.07, 6.45) is 7.37. The molecule has 0 saturated heterocycles. The summed E-state index contributed by atoms with van der Waals surface area (Å²) < 4.78 is 21.6. The van der Waals surface area contributed by atoms with Crippen LogP contribution in [0.3, 0.4) is 0 Å². The van der Waals surface area contributed by atoms with Gasteiger partial charge in [-0.1, -0.05) is 18.2 Å². The Balaban J connectivity index is 1.55. The number of imidazole rings is 1. The number of halogens is 1. The van der Waals surface area contributed by atoms with Gasteiger partial charge in [0.25, 0.3) is 0 Å². The van der Waals surface area contributed by atoms with Gasteiger partial charge in [0.15, 0.2) is 0 Å². The third-order valence-electron chi connectivity index (χ3n) is 6.21. The third kappa shape index (κ3) is 4.64. The smallest absolute Gasteiger partial charge is 0.322 e. The molecule has 0 bridgehead atoms. The summed E-state index contributed by atoms with van der Waals surface area (Å²) in [4.78, 5) is 13.7. The van der Waals surface area contributed by atoms with Crippen LogP contribution in [0, 0.1) is 11.7 Å². The quantitative estimate of drug-likeness (QED) is 0.415. The topological polar surface area (TPSA) is 73.1 Å². The minimum Gasteiger partial charge on any atom is -0.424 e. The zero-order valence-corrected chi connectivity index (χ0v) is 18.1. The highest BCUT2D eigenvalue weighted by atomic mass is 19.1. The number of rotatable bonds is 6. The van der Waals surface area contributed by atoms with Crippen molar-refractivity contribution in [2.24, 2.45) is 5.92 Å². The number of hydrogen-bond acceptors (Lipinski definition) is 5. The first kappa shape index (κ1) is 21.3. The van der Waals surface area contributed by atoms with Crippen LogP contribution in [0.4, 0.5) is 4.39 Å². The number of nitrogens with zero attached hydrogens (tertiary/aromatic N) is 4. The van der Waals surface area contributed by atoms with Gasteiger partial charge in [0.2, 0.25) is 0 Å². The molecule has 0 unspecified atom stereocenters. The molecule has 33 heavy (non-hydrogen) atoms. The normalized spacial score (nSPS) is 18.2. The van der Waals surface area contributed by atoms with Gasteiger partial charge in [0, 0.05) is 24.4 Å². The molecule has 2 aromatic carbocycles. The van der Waals surface area contributed by atoms with Crippen LogP contribution < -0.4 is 4.74 Å². The number of benzene rings is 2. The van der Waals surface area contributed by atoms with Crippen LogP contribution in [0.15, 0.2) is 73.2 Å². The molecular weight excluding hydrogens is 419 g/mol. The molecule has 1 aliphatic rings. The molecule has 168 valence electrons. The van der Waals surface area contributed by atoms with Crippen molar-refractivity contribution in [3.63, 3.8) is 0 Å². The Labute approximate surface area is 191 Å². The van der Waals surface area contributed by atoms with E-state index in [1.54, 1.807) is 18.3 Å². The van der Waals surface area contributed by atoms with Gasteiger partial charge < -0.3 is 14.4 Å². The van der Waals surface area contributed by atoms with Crippen molar-refractivity contribution in [3.05, 3.63) is 79.0 Å². The lowest BCUT2D eigenvalue weighted by molar-refractivity contribution is 0.169. The molecule has 0 spiro atoms. The molecule has 1 aliphatic carbocycles. The highest BCUT2D eigenvalue weighted by Crippen LogP contribution is 2.38. The summed E-state index contributed by atoms with van der Waals surface area (Å²) >= 11 is 0. The molecule has 2 aromatic heterocycles. The van der Waals surface area contributed by atoms with Crippen molar-refractivity contribution in [3.8, 4) is 34.4 Å². The number of hydrogen-bond donors (Lipinski definition) is 1. The van der Waals surface area contributed by atoms with Gasteiger partial charge in [-0.3, -0.25) is 0 Å². The van der Waals surface area contributed by atoms with E-state index in [0.29, 0.717) is 17.4 Å². The largest absolute Gasteiger partial charge is 0.424 e. The van der Waals surface area contributed by atoms with Crippen molar-refractivity contribution < 1.29 is 14.2 Å². The van der Waals surface area contributed by atoms with E-state index in [1.807, 2.05) is 42.7 Å². The first-order valence-corrected chi connectivity index (χ1v) is 11.2. The maximum atomic E-state index is 13.6. The maximum Gasteiger partial charge on any atom is 0.322 e. The van der Waals surface area contributed by atoms with E-state index in [4.69, 9.17) is 14.7 Å². The molecule has 5 rings (SSSR count). The number of aliphatic hydroxyl groups is 1. The summed E-state index contributed by atoms with van der Waals surface area (Å²) in [7, 11) is 0. The second-order valence-corrected chi connectivity index (χ2v) is 8.35. The van der Waals surface area contributed by atoms with Crippen LogP contribution in [0.5, 0.6) is 11.8 Å². The van der Waals surface area contributed by atoms with Crippen LogP contribution in [0.1, 0.15) is 31.7 Å². The second kappa shape index (κ2) is 9.50. The van der Waals surface area contributed by atoms with Gasteiger partial charge in [-0.2, -0.15) is 4.98 Å². The summed E-state index contributed by atoms with van der Waals surface area (Å²) in [6, 6.07) is 18.1. The first-order valence-electron chi connectivity index (χ1n) is 11.2. The fourth-order valence-corrected chi connectivity index (χ4v) is 4.43. The summed E-state index contributed by atoms with van der Waals surface area (Å²) in [5.41, 5.74) is 3.10. The molecule has 6 nitrogen and oxygen atoms in total. The Morgan fingerprint density at radius 3 is 2.42 bits per heavy atom. The number of para-hydroxylation sites is 1. The summed E-state index contributed by atoms with van der Waals surface area (Å²) in [6.45, 7) is 0.233. The molecular formula is C26H25FN4O2. The van der Waals surface area contributed by atoms with Crippen LogP contribution in [-0.2, 0) is 0 Å². The van der Waals surface area contributed by atoms with Crippen LogP contribution >= 0.6 is 0 Å². The van der Waals surface area contributed by atoms with Gasteiger partial charge in [0.1, 0.15) is 11.6 Å². The predicted octanol–water partition coefficient (Wildman–Crippen LogP) is 5.66. The number of aromatic nitrogens is 4. The zero-order chi connectivity index (χ0) is 22.6. The van der Waals surface area contributed by atoms with E-state index < -0.39 is 0 Å². The van der Waals surface area contributed by atoms with Gasteiger partial charge in [-0.05, 0) is 74.1 Å². The lowest BCUT2D eigenvalue weighted by atomic mass is 9.86. The molecule has 1 fully saturated rings. The molecule has 2 heterocycles. The average molecular weight is 445 g/mol. The monoisotopic (exact) mass is 444 g/mol. The lowest BCUT2D eigenvalue weighted by Gasteiger charge is -2.29. The van der Waals surface area contributed by atoms with Gasteiger partial charge >= 0.3 is 6.01 Å². The number of ether oxygens (including phenoxy) is 1. The first-order chi connectivity index (χ1) is 16.2.